The molecular weight excluding hydrogens is 244 g/mol. The van der Waals surface area contributed by atoms with Gasteiger partial charge >= 0.3 is 0 Å². The monoisotopic (exact) mass is 268 g/mol. The van der Waals surface area contributed by atoms with E-state index in [0.717, 1.165) is 45.3 Å². The highest BCUT2D eigenvalue weighted by molar-refractivity contribution is 5.81. The minimum absolute atomic E-state index is 0.110. The lowest BCUT2D eigenvalue weighted by molar-refractivity contribution is -0.131. The Kier molecular flexibility index (Phi) is 4.63. The molecule has 1 aliphatic heterocycles. The number of rotatable bonds is 6. The molecule has 1 aliphatic carbocycles. The molecule has 1 saturated carbocycles. The number of hydrogen-bond donors (Lipinski definition) is 3. The second-order valence-electron chi connectivity index (χ2n) is 5.81. The lowest BCUT2D eigenvalue weighted by Gasteiger charge is -2.27. The van der Waals surface area contributed by atoms with Crippen molar-refractivity contribution in [2.75, 3.05) is 26.2 Å². The maximum absolute atomic E-state index is 12.0. The first-order chi connectivity index (χ1) is 9.15. The van der Waals surface area contributed by atoms with Crippen LogP contribution >= 0.6 is 0 Å². The molecule has 0 radical (unpaired) electrons. The van der Waals surface area contributed by atoms with E-state index >= 15 is 0 Å². The van der Waals surface area contributed by atoms with Crippen LogP contribution in [0.4, 0.5) is 0 Å². The predicted molar refractivity (Wildman–Crippen MR) is 73.0 cm³/mol. The number of amides is 1. The van der Waals surface area contributed by atoms with Crippen LogP contribution in [0.3, 0.4) is 0 Å². The van der Waals surface area contributed by atoms with Crippen molar-refractivity contribution in [2.24, 2.45) is 16.3 Å². The number of nitrogens with two attached hydrogens (primary N) is 1. The van der Waals surface area contributed by atoms with Gasteiger partial charge in [0, 0.05) is 26.1 Å². The number of nitrogens with zero attached hydrogens (tertiary/aromatic N) is 2. The Labute approximate surface area is 114 Å². The Bertz CT molecular complexity index is 347. The van der Waals surface area contributed by atoms with Gasteiger partial charge in [0.15, 0.2) is 0 Å². The van der Waals surface area contributed by atoms with Gasteiger partial charge in [0.05, 0.1) is 6.54 Å². The summed E-state index contributed by atoms with van der Waals surface area (Å²) in [7, 11) is 0. The van der Waals surface area contributed by atoms with Gasteiger partial charge in [-0.1, -0.05) is 5.16 Å². The van der Waals surface area contributed by atoms with E-state index in [4.69, 9.17) is 10.9 Å². The van der Waals surface area contributed by atoms with Crippen molar-refractivity contribution in [1.82, 2.24) is 10.2 Å². The van der Waals surface area contributed by atoms with Gasteiger partial charge in [0.25, 0.3) is 0 Å². The van der Waals surface area contributed by atoms with Crippen LogP contribution in [0.2, 0.25) is 0 Å². The lowest BCUT2D eigenvalue weighted by Crippen LogP contribution is -2.42. The molecule has 19 heavy (non-hydrogen) atoms. The number of amidine groups is 1. The Morgan fingerprint density at radius 2 is 2.00 bits per heavy atom. The summed E-state index contributed by atoms with van der Waals surface area (Å²) < 4.78 is 0. The summed E-state index contributed by atoms with van der Waals surface area (Å²) in [5, 5.41) is 14.8. The molecule has 2 rings (SSSR count). The normalized spacial score (nSPS) is 22.3. The van der Waals surface area contributed by atoms with Gasteiger partial charge < -0.3 is 21.2 Å². The third-order valence-corrected chi connectivity index (χ3v) is 4.13. The number of carbonyl (C=O) groups excluding carboxylic acids is 1. The van der Waals surface area contributed by atoms with Gasteiger partial charge in [0.2, 0.25) is 5.91 Å². The number of carbonyl (C=O) groups is 1. The second-order valence-corrected chi connectivity index (χ2v) is 5.81. The van der Waals surface area contributed by atoms with E-state index in [1.54, 1.807) is 0 Å². The van der Waals surface area contributed by atoms with Crippen LogP contribution in [0.5, 0.6) is 0 Å². The first kappa shape index (κ1) is 14.1. The smallest absolute Gasteiger partial charge is 0.236 e. The molecule has 0 bridgehead atoms. The molecule has 2 aliphatic rings. The highest BCUT2D eigenvalue weighted by Crippen LogP contribution is 2.48. The van der Waals surface area contributed by atoms with Crippen molar-refractivity contribution in [1.29, 1.82) is 0 Å². The first-order valence-corrected chi connectivity index (χ1v) is 7.10. The fourth-order valence-corrected chi connectivity index (χ4v) is 2.70. The summed E-state index contributed by atoms with van der Waals surface area (Å²) in [6.45, 7) is 2.96. The molecule has 0 aromatic heterocycles. The summed E-state index contributed by atoms with van der Waals surface area (Å²) in [6.07, 6.45) is 6.25. The molecule has 0 atom stereocenters. The average molecular weight is 268 g/mol. The largest absolute Gasteiger partial charge is 0.409 e. The third kappa shape index (κ3) is 4.09. The van der Waals surface area contributed by atoms with Gasteiger partial charge in [-0.2, -0.15) is 0 Å². The van der Waals surface area contributed by atoms with Crippen LogP contribution in [-0.4, -0.2) is 48.0 Å². The zero-order valence-electron chi connectivity index (χ0n) is 11.4. The van der Waals surface area contributed by atoms with Crippen molar-refractivity contribution in [3.63, 3.8) is 0 Å². The Morgan fingerprint density at radius 1 is 1.32 bits per heavy atom. The number of likely N-dealkylation sites (tertiary alicyclic amines) is 1. The first-order valence-electron chi connectivity index (χ1n) is 7.10. The topological polar surface area (TPSA) is 91.0 Å². The quantitative estimate of drug-likeness (QED) is 0.283. The van der Waals surface area contributed by atoms with E-state index in [0.29, 0.717) is 13.0 Å². The molecule has 0 spiro atoms. The van der Waals surface area contributed by atoms with Gasteiger partial charge in [-0.25, -0.2) is 0 Å². The zero-order valence-corrected chi connectivity index (χ0v) is 11.4. The summed E-state index contributed by atoms with van der Waals surface area (Å²) in [5.74, 6) is 0.473. The van der Waals surface area contributed by atoms with Crippen molar-refractivity contribution >= 4 is 11.7 Å². The maximum Gasteiger partial charge on any atom is 0.236 e. The van der Waals surface area contributed by atoms with Crippen LogP contribution in [0.25, 0.3) is 0 Å². The number of hydrogen-bond acceptors (Lipinski definition) is 4. The Hall–Kier alpha value is -1.30. The van der Waals surface area contributed by atoms with E-state index in [-0.39, 0.29) is 17.2 Å². The molecule has 1 saturated heterocycles. The molecule has 0 aromatic rings. The molecule has 6 nitrogen and oxygen atoms in total. The molecule has 1 amide bonds. The van der Waals surface area contributed by atoms with Crippen molar-refractivity contribution in [3.05, 3.63) is 0 Å². The van der Waals surface area contributed by atoms with Crippen LogP contribution in [0.15, 0.2) is 5.16 Å². The van der Waals surface area contributed by atoms with Crippen molar-refractivity contribution < 1.29 is 10.0 Å². The highest BCUT2D eigenvalue weighted by atomic mass is 16.4. The standard InChI is InChI=1S/C13H24N4O2/c14-11(16-19)8-13(4-5-13)10-15-9-12(18)17-6-2-1-3-7-17/h15,19H,1-10H2,(H2,14,16). The summed E-state index contributed by atoms with van der Waals surface area (Å²) in [4.78, 5) is 13.9. The van der Waals surface area contributed by atoms with Gasteiger partial charge in [0.1, 0.15) is 5.84 Å². The number of piperidine rings is 1. The minimum Gasteiger partial charge on any atom is -0.409 e. The van der Waals surface area contributed by atoms with Crippen LogP contribution in [-0.2, 0) is 4.79 Å². The fourth-order valence-electron chi connectivity index (χ4n) is 2.70. The van der Waals surface area contributed by atoms with Gasteiger partial charge in [-0.3, -0.25) is 4.79 Å². The molecular formula is C13H24N4O2. The van der Waals surface area contributed by atoms with Crippen molar-refractivity contribution in [2.45, 2.75) is 38.5 Å². The summed E-state index contributed by atoms with van der Waals surface area (Å²) >= 11 is 0. The molecule has 0 unspecified atom stereocenters. The summed E-state index contributed by atoms with van der Waals surface area (Å²) in [5.41, 5.74) is 5.65. The van der Waals surface area contributed by atoms with E-state index < -0.39 is 0 Å². The highest BCUT2D eigenvalue weighted by Gasteiger charge is 2.43. The van der Waals surface area contributed by atoms with Crippen LogP contribution in [0.1, 0.15) is 38.5 Å². The molecule has 1 heterocycles. The van der Waals surface area contributed by atoms with Crippen LogP contribution < -0.4 is 11.1 Å². The van der Waals surface area contributed by atoms with Gasteiger partial charge in [-0.05, 0) is 37.5 Å². The Morgan fingerprint density at radius 3 is 2.58 bits per heavy atom. The summed E-state index contributed by atoms with van der Waals surface area (Å²) in [6, 6.07) is 0. The molecule has 6 heteroatoms. The fraction of sp³-hybridized carbons (Fsp3) is 0.846. The number of oxime groups is 1. The number of nitrogens with one attached hydrogen (secondary N) is 1. The molecule has 4 N–H and O–H groups in total. The lowest BCUT2D eigenvalue weighted by atomic mass is 10.0. The van der Waals surface area contributed by atoms with E-state index in [1.165, 1.54) is 6.42 Å². The second kappa shape index (κ2) is 6.23. The third-order valence-electron chi connectivity index (χ3n) is 4.13. The van der Waals surface area contributed by atoms with Gasteiger partial charge in [-0.15, -0.1) is 0 Å². The van der Waals surface area contributed by atoms with Crippen molar-refractivity contribution in [3.8, 4) is 0 Å². The Balaban J connectivity index is 1.67. The molecule has 2 fully saturated rings. The molecule has 108 valence electrons. The predicted octanol–water partition coefficient (Wildman–Crippen LogP) is 0.505. The minimum atomic E-state index is 0.110. The van der Waals surface area contributed by atoms with E-state index in [9.17, 15) is 4.79 Å². The maximum atomic E-state index is 12.0. The molecule has 0 aromatic carbocycles. The SMILES string of the molecule is NC(CC1(CNCC(=O)N2CCCCC2)CC1)=NO. The van der Waals surface area contributed by atoms with E-state index in [2.05, 4.69) is 10.5 Å². The van der Waals surface area contributed by atoms with E-state index in [1.807, 2.05) is 4.90 Å². The zero-order chi connectivity index (χ0) is 13.7. The average Bonchev–Trinajstić information content (AvgIpc) is 3.19. The van der Waals surface area contributed by atoms with Crippen LogP contribution in [0, 0.1) is 5.41 Å².